The van der Waals surface area contributed by atoms with Crippen LogP contribution in [0.15, 0.2) is 16.6 Å². The smallest absolute Gasteiger partial charge is 0.261 e. The third-order valence-electron chi connectivity index (χ3n) is 2.86. The summed E-state index contributed by atoms with van der Waals surface area (Å²) in [5, 5.41) is 3.87. The number of halogens is 4. The van der Waals surface area contributed by atoms with Gasteiger partial charge in [0.1, 0.15) is 12.4 Å². The molecule has 0 heterocycles. The molecule has 0 bridgehead atoms. The lowest BCUT2D eigenvalue weighted by Gasteiger charge is -2.22. The lowest BCUT2D eigenvalue weighted by molar-refractivity contribution is 0.0143. The summed E-state index contributed by atoms with van der Waals surface area (Å²) < 4.78 is 35.2. The predicted octanol–water partition coefficient (Wildman–Crippen LogP) is 4.43. The molecule has 120 valence electrons. The van der Waals surface area contributed by atoms with Crippen molar-refractivity contribution in [3.05, 3.63) is 27.2 Å². The van der Waals surface area contributed by atoms with Gasteiger partial charge in [0.25, 0.3) is 6.43 Å². The second-order valence-electron chi connectivity index (χ2n) is 4.38. The molecule has 0 radical (unpaired) electrons. The van der Waals surface area contributed by atoms with Gasteiger partial charge in [0.15, 0.2) is 0 Å². The fourth-order valence-electron chi connectivity index (χ4n) is 2.04. The molecule has 0 aliphatic carbocycles. The molecule has 0 saturated carbocycles. The van der Waals surface area contributed by atoms with Gasteiger partial charge in [-0.2, -0.15) is 0 Å². The van der Waals surface area contributed by atoms with E-state index in [-0.39, 0.29) is 12.6 Å². The van der Waals surface area contributed by atoms with Crippen molar-refractivity contribution in [2.24, 2.45) is 0 Å². The minimum atomic E-state index is -2.45. The van der Waals surface area contributed by atoms with E-state index >= 15 is 0 Å². The standard InChI is InChI=1S/C14H19BrClF2NO2/c1-3-19-12(4-5-21-8-13(17)18)10-6-9(16)7-11(15)14(10)20-2/h6-7,12-13,19H,3-5,8H2,1-2H3. The lowest BCUT2D eigenvalue weighted by Crippen LogP contribution is -2.23. The molecule has 1 aromatic rings. The summed E-state index contributed by atoms with van der Waals surface area (Å²) in [6, 6.07) is 3.48. The van der Waals surface area contributed by atoms with Crippen molar-refractivity contribution in [2.75, 3.05) is 26.9 Å². The summed E-state index contributed by atoms with van der Waals surface area (Å²) in [5.41, 5.74) is 0.874. The summed E-state index contributed by atoms with van der Waals surface area (Å²) in [6.07, 6.45) is -1.90. The topological polar surface area (TPSA) is 30.5 Å². The first-order valence-electron chi connectivity index (χ1n) is 6.61. The van der Waals surface area contributed by atoms with Crippen LogP contribution < -0.4 is 10.1 Å². The van der Waals surface area contributed by atoms with Gasteiger partial charge in [-0.05, 0) is 41.0 Å². The van der Waals surface area contributed by atoms with Crippen molar-refractivity contribution in [2.45, 2.75) is 25.8 Å². The SMILES string of the molecule is CCNC(CCOCC(F)F)c1cc(Cl)cc(Br)c1OC. The first-order chi connectivity index (χ1) is 9.99. The third-order valence-corrected chi connectivity index (χ3v) is 3.67. The van der Waals surface area contributed by atoms with E-state index in [2.05, 4.69) is 21.2 Å². The summed E-state index contributed by atoms with van der Waals surface area (Å²) in [5.74, 6) is 0.680. The van der Waals surface area contributed by atoms with Gasteiger partial charge < -0.3 is 14.8 Å². The van der Waals surface area contributed by atoms with E-state index < -0.39 is 13.0 Å². The van der Waals surface area contributed by atoms with Crippen molar-refractivity contribution in [3.8, 4) is 5.75 Å². The molecule has 1 rings (SSSR count). The minimum absolute atomic E-state index is 0.0855. The van der Waals surface area contributed by atoms with E-state index in [0.29, 0.717) is 17.2 Å². The zero-order valence-electron chi connectivity index (χ0n) is 12.0. The van der Waals surface area contributed by atoms with Crippen molar-refractivity contribution in [1.82, 2.24) is 5.32 Å². The molecule has 3 nitrogen and oxygen atoms in total. The molecule has 1 unspecified atom stereocenters. The van der Waals surface area contributed by atoms with E-state index in [0.717, 1.165) is 16.6 Å². The Hall–Kier alpha value is -0.430. The Kier molecular flexibility index (Phi) is 8.48. The summed E-state index contributed by atoms with van der Waals surface area (Å²) in [4.78, 5) is 0. The molecule has 1 atom stereocenters. The van der Waals surface area contributed by atoms with Gasteiger partial charge in [0.05, 0.1) is 11.6 Å². The fourth-order valence-corrected chi connectivity index (χ4v) is 3.04. The third kappa shape index (κ3) is 6.06. The number of methoxy groups -OCH3 is 1. The first kappa shape index (κ1) is 18.6. The second kappa shape index (κ2) is 9.56. The van der Waals surface area contributed by atoms with Gasteiger partial charge in [-0.1, -0.05) is 18.5 Å². The lowest BCUT2D eigenvalue weighted by atomic mass is 10.0. The number of hydrogen-bond donors (Lipinski definition) is 1. The second-order valence-corrected chi connectivity index (χ2v) is 5.67. The molecule has 21 heavy (non-hydrogen) atoms. The highest BCUT2D eigenvalue weighted by atomic mass is 79.9. The van der Waals surface area contributed by atoms with Crippen LogP contribution in [-0.2, 0) is 4.74 Å². The van der Waals surface area contributed by atoms with Crippen LogP contribution in [0.5, 0.6) is 5.75 Å². The molecule has 7 heteroatoms. The molecule has 1 aromatic carbocycles. The van der Waals surface area contributed by atoms with Crippen LogP contribution >= 0.6 is 27.5 Å². The van der Waals surface area contributed by atoms with Crippen LogP contribution in [0.3, 0.4) is 0 Å². The maximum absolute atomic E-state index is 12.1. The first-order valence-corrected chi connectivity index (χ1v) is 7.78. The zero-order valence-corrected chi connectivity index (χ0v) is 14.3. The Bertz CT molecular complexity index is 449. The van der Waals surface area contributed by atoms with E-state index in [1.165, 1.54) is 0 Å². The van der Waals surface area contributed by atoms with E-state index in [9.17, 15) is 8.78 Å². The van der Waals surface area contributed by atoms with Crippen LogP contribution in [0.25, 0.3) is 0 Å². The maximum Gasteiger partial charge on any atom is 0.261 e. The number of benzene rings is 1. The maximum atomic E-state index is 12.1. The van der Waals surface area contributed by atoms with E-state index in [1.54, 1.807) is 13.2 Å². The molecule has 0 aliphatic rings. The van der Waals surface area contributed by atoms with E-state index in [1.807, 2.05) is 13.0 Å². The Balaban J connectivity index is 2.84. The number of alkyl halides is 2. The predicted molar refractivity (Wildman–Crippen MR) is 83.6 cm³/mol. The van der Waals surface area contributed by atoms with Gasteiger partial charge >= 0.3 is 0 Å². The molecule has 1 N–H and O–H groups in total. The van der Waals surface area contributed by atoms with Gasteiger partial charge in [-0.3, -0.25) is 0 Å². The van der Waals surface area contributed by atoms with Crippen LogP contribution in [-0.4, -0.2) is 33.3 Å². The molecule has 0 spiro atoms. The number of hydrogen-bond acceptors (Lipinski definition) is 3. The highest BCUT2D eigenvalue weighted by Crippen LogP contribution is 2.37. The quantitative estimate of drug-likeness (QED) is 0.637. The summed E-state index contributed by atoms with van der Waals surface area (Å²) >= 11 is 9.49. The molecule has 0 aromatic heterocycles. The van der Waals surface area contributed by atoms with E-state index in [4.69, 9.17) is 21.1 Å². The monoisotopic (exact) mass is 385 g/mol. The van der Waals surface area contributed by atoms with Crippen LogP contribution in [0.4, 0.5) is 8.78 Å². The molecule has 0 fully saturated rings. The van der Waals surface area contributed by atoms with Crippen molar-refractivity contribution < 1.29 is 18.3 Å². The molecule has 0 aliphatic heterocycles. The highest BCUT2D eigenvalue weighted by molar-refractivity contribution is 9.10. The van der Waals surface area contributed by atoms with Crippen LogP contribution in [0, 0.1) is 0 Å². The minimum Gasteiger partial charge on any atom is -0.495 e. The zero-order chi connectivity index (χ0) is 15.8. The van der Waals surface area contributed by atoms with Crippen molar-refractivity contribution in [1.29, 1.82) is 0 Å². The number of nitrogens with one attached hydrogen (secondary N) is 1. The molecular formula is C14H19BrClF2NO2. The average molecular weight is 387 g/mol. The van der Waals surface area contributed by atoms with Gasteiger partial charge in [-0.15, -0.1) is 0 Å². The van der Waals surface area contributed by atoms with Gasteiger partial charge in [0.2, 0.25) is 0 Å². The Labute approximate surface area is 137 Å². The normalized spacial score (nSPS) is 12.7. The fraction of sp³-hybridized carbons (Fsp3) is 0.571. The Morgan fingerprint density at radius 2 is 2.10 bits per heavy atom. The van der Waals surface area contributed by atoms with Gasteiger partial charge in [-0.25, -0.2) is 8.78 Å². The highest BCUT2D eigenvalue weighted by Gasteiger charge is 2.18. The number of rotatable bonds is 9. The largest absolute Gasteiger partial charge is 0.495 e. The van der Waals surface area contributed by atoms with Crippen molar-refractivity contribution >= 4 is 27.5 Å². The average Bonchev–Trinajstić information content (AvgIpc) is 2.41. The summed E-state index contributed by atoms with van der Waals surface area (Å²) in [7, 11) is 1.58. The molecular weight excluding hydrogens is 368 g/mol. The number of ether oxygens (including phenoxy) is 2. The Morgan fingerprint density at radius 1 is 1.38 bits per heavy atom. The van der Waals surface area contributed by atoms with Crippen LogP contribution in [0.2, 0.25) is 5.02 Å². The van der Waals surface area contributed by atoms with Gasteiger partial charge in [0, 0.05) is 23.2 Å². The van der Waals surface area contributed by atoms with Crippen molar-refractivity contribution in [3.63, 3.8) is 0 Å². The molecule has 0 amide bonds. The molecule has 0 saturated heterocycles. The summed E-state index contributed by atoms with van der Waals surface area (Å²) in [6.45, 7) is 2.39. The Morgan fingerprint density at radius 3 is 2.67 bits per heavy atom. The van der Waals surface area contributed by atoms with Crippen LogP contribution in [0.1, 0.15) is 24.9 Å².